The molecule has 0 bridgehead atoms. The van der Waals surface area contributed by atoms with Crippen molar-refractivity contribution in [2.24, 2.45) is 0 Å². The molecular weight excluding hydrogens is 486 g/mol. The van der Waals surface area contributed by atoms with Crippen LogP contribution in [-0.2, 0) is 4.74 Å². The molecule has 6 rings (SSSR count). The fourth-order valence-electron chi connectivity index (χ4n) is 5.66. The van der Waals surface area contributed by atoms with Gasteiger partial charge in [-0.2, -0.15) is 5.10 Å². The van der Waals surface area contributed by atoms with Gasteiger partial charge < -0.3 is 14.5 Å². The Morgan fingerprint density at radius 1 is 1.00 bits per heavy atom. The Hall–Kier alpha value is -2.86. The molecule has 5 heterocycles. The van der Waals surface area contributed by atoms with Crippen LogP contribution in [0.15, 0.2) is 24.5 Å². The maximum absolute atomic E-state index is 6.30. The van der Waals surface area contributed by atoms with Crippen LogP contribution >= 0.6 is 11.6 Å². The van der Waals surface area contributed by atoms with Gasteiger partial charge in [-0.3, -0.25) is 4.90 Å². The Kier molecular flexibility index (Phi) is 7.18. The topological polar surface area (TPSA) is 62.6 Å². The lowest BCUT2D eigenvalue weighted by Gasteiger charge is -2.37. The van der Waals surface area contributed by atoms with Crippen LogP contribution in [0.1, 0.15) is 49.6 Å². The van der Waals surface area contributed by atoms with E-state index in [0.717, 1.165) is 99.3 Å². The zero-order valence-electron chi connectivity index (χ0n) is 21.5. The fraction of sp³-hybridized carbons (Fsp3) is 0.536. The lowest BCUT2D eigenvalue weighted by Crippen LogP contribution is -2.47. The van der Waals surface area contributed by atoms with E-state index in [2.05, 4.69) is 50.6 Å². The maximum atomic E-state index is 6.30. The van der Waals surface area contributed by atoms with Crippen LogP contribution in [0.4, 0.5) is 11.5 Å². The molecule has 1 unspecified atom stereocenters. The molecule has 9 heteroatoms. The van der Waals surface area contributed by atoms with E-state index < -0.39 is 0 Å². The van der Waals surface area contributed by atoms with E-state index in [-0.39, 0.29) is 6.23 Å². The number of fused-ring (bicyclic) bond motifs is 1. The van der Waals surface area contributed by atoms with Crippen molar-refractivity contribution in [3.05, 3.63) is 40.8 Å². The third kappa shape index (κ3) is 5.13. The van der Waals surface area contributed by atoms with E-state index in [4.69, 9.17) is 26.4 Å². The second-order valence-corrected chi connectivity index (χ2v) is 10.6. The molecule has 1 atom stereocenters. The average Bonchev–Trinajstić information content (AvgIpc) is 3.59. The minimum absolute atomic E-state index is 0.101. The molecule has 0 saturated carbocycles. The number of hydrogen-bond donors (Lipinski definition) is 0. The molecule has 2 aromatic heterocycles. The van der Waals surface area contributed by atoms with Crippen LogP contribution in [0.2, 0.25) is 5.02 Å². The first-order valence-corrected chi connectivity index (χ1v) is 13.9. The second kappa shape index (κ2) is 10.9. The molecule has 3 saturated heterocycles. The molecular formula is C28H34ClN7O. The number of anilines is 2. The molecule has 0 N–H and O–H groups in total. The fourth-order valence-corrected chi connectivity index (χ4v) is 5.83. The summed E-state index contributed by atoms with van der Waals surface area (Å²) in [5.74, 6) is 7.69. The van der Waals surface area contributed by atoms with Gasteiger partial charge in [-0.05, 0) is 75.7 Å². The highest BCUT2D eigenvalue weighted by molar-refractivity contribution is 6.30. The largest absolute Gasteiger partial charge is 0.368 e. The molecule has 3 fully saturated rings. The number of piperazine rings is 1. The minimum Gasteiger partial charge on any atom is -0.368 e. The highest BCUT2D eigenvalue weighted by Gasteiger charge is 2.27. The van der Waals surface area contributed by atoms with Crippen LogP contribution in [-0.4, -0.2) is 77.1 Å². The number of halogens is 1. The quantitative estimate of drug-likeness (QED) is 0.477. The number of ether oxygens (including phenoxy) is 1. The van der Waals surface area contributed by atoms with Crippen LogP contribution in [0.25, 0.3) is 11.0 Å². The number of likely N-dealkylation sites (tertiary alicyclic amines) is 1. The van der Waals surface area contributed by atoms with Crippen LogP contribution < -0.4 is 9.80 Å². The maximum Gasteiger partial charge on any atom is 0.167 e. The minimum atomic E-state index is -0.101. The summed E-state index contributed by atoms with van der Waals surface area (Å²) in [5.41, 5.74) is 4.02. The van der Waals surface area contributed by atoms with Crippen molar-refractivity contribution < 1.29 is 4.74 Å². The Morgan fingerprint density at radius 2 is 1.81 bits per heavy atom. The zero-order chi connectivity index (χ0) is 25.2. The first-order valence-electron chi connectivity index (χ1n) is 13.5. The summed E-state index contributed by atoms with van der Waals surface area (Å²) >= 11 is 6.30. The van der Waals surface area contributed by atoms with E-state index in [9.17, 15) is 0 Å². The monoisotopic (exact) mass is 519 g/mol. The van der Waals surface area contributed by atoms with Gasteiger partial charge in [-0.25, -0.2) is 14.6 Å². The van der Waals surface area contributed by atoms with Crippen molar-refractivity contribution in [2.75, 3.05) is 62.2 Å². The van der Waals surface area contributed by atoms with Gasteiger partial charge in [0.25, 0.3) is 0 Å². The van der Waals surface area contributed by atoms with Gasteiger partial charge in [-0.1, -0.05) is 23.6 Å². The first-order chi connectivity index (χ1) is 18.2. The summed E-state index contributed by atoms with van der Waals surface area (Å²) in [5, 5.41) is 6.68. The molecule has 8 nitrogen and oxygen atoms in total. The number of rotatable bonds is 4. The first kappa shape index (κ1) is 24.5. The van der Waals surface area contributed by atoms with E-state index in [1.165, 1.54) is 24.1 Å². The van der Waals surface area contributed by atoms with E-state index in [0.29, 0.717) is 0 Å². The highest BCUT2D eigenvalue weighted by atomic mass is 35.5. The molecule has 0 aliphatic carbocycles. The van der Waals surface area contributed by atoms with Crippen LogP contribution in [0.5, 0.6) is 0 Å². The molecule has 0 spiro atoms. The average molecular weight is 520 g/mol. The molecule has 37 heavy (non-hydrogen) atoms. The lowest BCUT2D eigenvalue weighted by atomic mass is 10.1. The van der Waals surface area contributed by atoms with E-state index in [1.54, 1.807) is 6.33 Å². The van der Waals surface area contributed by atoms with Gasteiger partial charge in [-0.15, -0.1) is 0 Å². The number of aryl methyl sites for hydroxylation is 1. The lowest BCUT2D eigenvalue weighted by molar-refractivity contribution is -0.0370. The van der Waals surface area contributed by atoms with Crippen LogP contribution in [0, 0.1) is 18.8 Å². The molecule has 3 aromatic rings. The van der Waals surface area contributed by atoms with Gasteiger partial charge >= 0.3 is 0 Å². The predicted octanol–water partition coefficient (Wildman–Crippen LogP) is 4.26. The van der Waals surface area contributed by atoms with Crippen molar-refractivity contribution >= 4 is 34.1 Å². The molecule has 3 aliphatic rings. The molecule has 1 aromatic carbocycles. The highest BCUT2D eigenvalue weighted by Crippen LogP contribution is 2.32. The summed E-state index contributed by atoms with van der Waals surface area (Å²) in [7, 11) is 0. The summed E-state index contributed by atoms with van der Waals surface area (Å²) in [6.07, 6.45) is 7.24. The Bertz CT molecular complexity index is 1310. The van der Waals surface area contributed by atoms with Gasteiger partial charge in [0, 0.05) is 43.5 Å². The molecule has 0 radical (unpaired) electrons. The molecule has 194 valence electrons. The van der Waals surface area contributed by atoms with Crippen molar-refractivity contribution in [2.45, 2.75) is 45.3 Å². The molecule has 3 aliphatic heterocycles. The number of aromatic nitrogens is 4. The number of nitrogens with zero attached hydrogens (tertiary/aromatic N) is 7. The Balaban J connectivity index is 1.31. The third-order valence-electron chi connectivity index (χ3n) is 7.70. The Morgan fingerprint density at radius 3 is 2.59 bits per heavy atom. The summed E-state index contributed by atoms with van der Waals surface area (Å²) in [6.45, 7) is 9.41. The summed E-state index contributed by atoms with van der Waals surface area (Å²) < 4.78 is 8.04. The van der Waals surface area contributed by atoms with Gasteiger partial charge in [0.05, 0.1) is 11.9 Å². The second-order valence-electron chi connectivity index (χ2n) is 10.2. The summed E-state index contributed by atoms with van der Waals surface area (Å²) in [4.78, 5) is 16.6. The molecule has 0 amide bonds. The van der Waals surface area contributed by atoms with Crippen LogP contribution in [0.3, 0.4) is 0 Å². The Labute approximate surface area is 223 Å². The predicted molar refractivity (Wildman–Crippen MR) is 147 cm³/mol. The number of benzene rings is 1. The van der Waals surface area contributed by atoms with Gasteiger partial charge in [0.2, 0.25) is 0 Å². The van der Waals surface area contributed by atoms with E-state index in [1.807, 2.05) is 10.7 Å². The van der Waals surface area contributed by atoms with Crippen molar-refractivity contribution in [1.82, 2.24) is 24.6 Å². The van der Waals surface area contributed by atoms with Crippen molar-refractivity contribution in [1.29, 1.82) is 0 Å². The zero-order valence-corrected chi connectivity index (χ0v) is 22.3. The smallest absolute Gasteiger partial charge is 0.167 e. The normalized spacial score (nSPS) is 20.9. The van der Waals surface area contributed by atoms with Gasteiger partial charge in [0.15, 0.2) is 11.9 Å². The summed E-state index contributed by atoms with van der Waals surface area (Å²) in [6, 6.07) is 6.11. The standard InChI is InChI=1S/C28H34ClN7O/c1-21-9-10-22(29)19-24(21)34-14-16-35(17-15-34)27-26-23(7-6-13-33-11-3-4-12-33)32-36(28(26)31-20-30-27)25-8-2-5-18-37-25/h9-10,19-20,25H,2-5,8,11-18H2,1H3. The van der Waals surface area contributed by atoms with E-state index >= 15 is 0 Å². The van der Waals surface area contributed by atoms with Crippen molar-refractivity contribution in [3.8, 4) is 11.8 Å². The third-order valence-corrected chi connectivity index (χ3v) is 7.93. The number of hydrogen-bond acceptors (Lipinski definition) is 7. The van der Waals surface area contributed by atoms with Gasteiger partial charge in [0.1, 0.15) is 17.8 Å². The SMILES string of the molecule is Cc1ccc(Cl)cc1N1CCN(c2ncnc3c2c(C#CCN2CCCC2)nn3C2CCCCO2)CC1. The van der Waals surface area contributed by atoms with Crippen molar-refractivity contribution in [3.63, 3.8) is 0 Å².